The lowest BCUT2D eigenvalue weighted by molar-refractivity contribution is 0.364. The van der Waals surface area contributed by atoms with Gasteiger partial charge in [0.25, 0.3) is 0 Å². The molecule has 18 heavy (non-hydrogen) atoms. The summed E-state index contributed by atoms with van der Waals surface area (Å²) >= 11 is 1.86. The fourth-order valence-electron chi connectivity index (χ4n) is 3.03. The molecule has 0 bridgehead atoms. The molecule has 2 aromatic rings. The fraction of sp³-hybridized carbons (Fsp3) is 0.500. The molecule has 1 unspecified atom stereocenters. The molecule has 1 atom stereocenters. The molecule has 1 saturated carbocycles. The summed E-state index contributed by atoms with van der Waals surface area (Å²) in [5.41, 5.74) is 1.99. The van der Waals surface area contributed by atoms with Crippen molar-refractivity contribution >= 4 is 21.4 Å². The number of nitrogens with one attached hydrogen (secondary N) is 1. The quantitative estimate of drug-likeness (QED) is 0.851. The van der Waals surface area contributed by atoms with Gasteiger partial charge in [-0.05, 0) is 47.1 Å². The maximum atomic E-state index is 3.74. The van der Waals surface area contributed by atoms with Crippen molar-refractivity contribution in [3.05, 3.63) is 35.2 Å². The van der Waals surface area contributed by atoms with Gasteiger partial charge < -0.3 is 5.32 Å². The standard InChI is InChI=1S/C16H21NS/c1-16(2)8-7-13(9-16)17-10-12-11-18-15-6-4-3-5-14(12)15/h3-6,11,13,17H,7-10H2,1-2H3. The van der Waals surface area contributed by atoms with Crippen molar-refractivity contribution in [2.24, 2.45) is 5.41 Å². The van der Waals surface area contributed by atoms with Crippen molar-refractivity contribution in [1.82, 2.24) is 5.32 Å². The van der Waals surface area contributed by atoms with Crippen LogP contribution in [0.2, 0.25) is 0 Å². The first kappa shape index (κ1) is 12.2. The second-order valence-corrected chi connectivity index (χ2v) is 7.15. The summed E-state index contributed by atoms with van der Waals surface area (Å²) in [6.45, 7) is 5.79. The third-order valence-corrected chi connectivity index (χ3v) is 5.12. The third-order valence-electron chi connectivity index (χ3n) is 4.11. The van der Waals surface area contributed by atoms with Gasteiger partial charge in [0.05, 0.1) is 0 Å². The Balaban J connectivity index is 1.67. The van der Waals surface area contributed by atoms with E-state index in [1.54, 1.807) is 0 Å². The van der Waals surface area contributed by atoms with Gasteiger partial charge in [-0.2, -0.15) is 0 Å². The first-order chi connectivity index (χ1) is 8.64. The topological polar surface area (TPSA) is 12.0 Å². The number of rotatable bonds is 3. The van der Waals surface area contributed by atoms with Crippen LogP contribution >= 0.6 is 11.3 Å². The SMILES string of the molecule is CC1(C)CCC(NCc2csc3ccccc23)C1. The van der Waals surface area contributed by atoms with Crippen molar-refractivity contribution in [3.8, 4) is 0 Å². The van der Waals surface area contributed by atoms with Crippen LogP contribution in [0.25, 0.3) is 10.1 Å². The van der Waals surface area contributed by atoms with Crippen LogP contribution in [0, 0.1) is 5.41 Å². The Labute approximate surface area is 113 Å². The Morgan fingerprint density at radius 3 is 2.94 bits per heavy atom. The van der Waals surface area contributed by atoms with E-state index in [0.717, 1.165) is 6.54 Å². The summed E-state index contributed by atoms with van der Waals surface area (Å²) in [5, 5.41) is 7.47. The predicted molar refractivity (Wildman–Crippen MR) is 80.1 cm³/mol. The molecule has 0 amide bonds. The van der Waals surface area contributed by atoms with Crippen molar-refractivity contribution < 1.29 is 0 Å². The van der Waals surface area contributed by atoms with Gasteiger partial charge in [-0.3, -0.25) is 0 Å². The zero-order valence-electron chi connectivity index (χ0n) is 11.2. The van der Waals surface area contributed by atoms with Gasteiger partial charge in [-0.1, -0.05) is 32.0 Å². The van der Waals surface area contributed by atoms with E-state index in [4.69, 9.17) is 0 Å². The van der Waals surface area contributed by atoms with E-state index in [1.807, 2.05) is 11.3 Å². The van der Waals surface area contributed by atoms with Crippen LogP contribution in [0.1, 0.15) is 38.7 Å². The molecule has 1 aromatic heterocycles. The number of fused-ring (bicyclic) bond motifs is 1. The maximum Gasteiger partial charge on any atom is 0.0346 e. The Bertz CT molecular complexity index is 541. The van der Waals surface area contributed by atoms with Gasteiger partial charge in [-0.15, -0.1) is 11.3 Å². The molecule has 2 heteroatoms. The minimum Gasteiger partial charge on any atom is -0.310 e. The number of hydrogen-bond acceptors (Lipinski definition) is 2. The highest BCUT2D eigenvalue weighted by Crippen LogP contribution is 2.37. The van der Waals surface area contributed by atoms with Crippen LogP contribution in [-0.2, 0) is 6.54 Å². The predicted octanol–water partition coefficient (Wildman–Crippen LogP) is 4.57. The summed E-state index contributed by atoms with van der Waals surface area (Å²) < 4.78 is 1.40. The molecule has 1 heterocycles. The highest BCUT2D eigenvalue weighted by atomic mass is 32.1. The molecule has 0 spiro atoms. The van der Waals surface area contributed by atoms with Gasteiger partial charge in [-0.25, -0.2) is 0 Å². The van der Waals surface area contributed by atoms with Crippen LogP contribution < -0.4 is 5.32 Å². The Hall–Kier alpha value is -0.860. The zero-order valence-corrected chi connectivity index (χ0v) is 12.0. The maximum absolute atomic E-state index is 3.74. The average molecular weight is 259 g/mol. The van der Waals surface area contributed by atoms with E-state index in [2.05, 4.69) is 48.8 Å². The molecule has 1 aromatic carbocycles. The lowest BCUT2D eigenvalue weighted by atomic mass is 9.92. The van der Waals surface area contributed by atoms with Gasteiger partial charge in [0, 0.05) is 17.3 Å². The Morgan fingerprint density at radius 2 is 2.17 bits per heavy atom. The van der Waals surface area contributed by atoms with Crippen LogP contribution in [0.3, 0.4) is 0 Å². The van der Waals surface area contributed by atoms with Crippen molar-refractivity contribution in [1.29, 1.82) is 0 Å². The van der Waals surface area contributed by atoms with Crippen LogP contribution in [0.5, 0.6) is 0 Å². The average Bonchev–Trinajstić information content (AvgIpc) is 2.90. The molecular formula is C16H21NS. The summed E-state index contributed by atoms with van der Waals surface area (Å²) in [6, 6.07) is 9.41. The van der Waals surface area contributed by atoms with E-state index in [0.29, 0.717) is 11.5 Å². The molecule has 1 aliphatic carbocycles. The van der Waals surface area contributed by atoms with Crippen molar-refractivity contribution in [2.45, 2.75) is 45.7 Å². The first-order valence-electron chi connectivity index (χ1n) is 6.83. The number of hydrogen-bond donors (Lipinski definition) is 1. The van der Waals surface area contributed by atoms with Crippen molar-refractivity contribution in [3.63, 3.8) is 0 Å². The zero-order chi connectivity index (χ0) is 12.6. The van der Waals surface area contributed by atoms with Gasteiger partial charge in [0.1, 0.15) is 0 Å². The molecule has 1 nitrogen and oxygen atoms in total. The smallest absolute Gasteiger partial charge is 0.0346 e. The monoisotopic (exact) mass is 259 g/mol. The van der Waals surface area contributed by atoms with E-state index in [-0.39, 0.29) is 0 Å². The molecule has 1 fully saturated rings. The lowest BCUT2D eigenvalue weighted by Gasteiger charge is -2.17. The molecule has 0 aliphatic heterocycles. The lowest BCUT2D eigenvalue weighted by Crippen LogP contribution is -2.26. The molecular weight excluding hydrogens is 238 g/mol. The molecule has 1 aliphatic rings. The second-order valence-electron chi connectivity index (χ2n) is 6.24. The van der Waals surface area contributed by atoms with Gasteiger partial charge in [0.2, 0.25) is 0 Å². The normalized spacial score (nSPS) is 22.7. The second kappa shape index (κ2) is 4.67. The molecule has 96 valence electrons. The van der Waals surface area contributed by atoms with Crippen LogP contribution in [-0.4, -0.2) is 6.04 Å². The van der Waals surface area contributed by atoms with Gasteiger partial charge >= 0.3 is 0 Å². The highest BCUT2D eigenvalue weighted by Gasteiger charge is 2.30. The minimum absolute atomic E-state index is 0.536. The van der Waals surface area contributed by atoms with E-state index in [1.165, 1.54) is 34.9 Å². The minimum atomic E-state index is 0.536. The summed E-state index contributed by atoms with van der Waals surface area (Å²) in [7, 11) is 0. The van der Waals surface area contributed by atoms with Crippen LogP contribution in [0.4, 0.5) is 0 Å². The van der Waals surface area contributed by atoms with E-state index < -0.39 is 0 Å². The summed E-state index contributed by atoms with van der Waals surface area (Å²) in [6.07, 6.45) is 4.00. The molecule has 0 radical (unpaired) electrons. The van der Waals surface area contributed by atoms with Crippen molar-refractivity contribution in [2.75, 3.05) is 0 Å². The number of benzene rings is 1. The number of thiophene rings is 1. The molecule has 3 rings (SSSR count). The molecule has 1 N–H and O–H groups in total. The van der Waals surface area contributed by atoms with Crippen LogP contribution in [0.15, 0.2) is 29.6 Å². The van der Waals surface area contributed by atoms with E-state index >= 15 is 0 Å². The molecule has 0 saturated heterocycles. The third kappa shape index (κ3) is 2.45. The fourth-order valence-corrected chi connectivity index (χ4v) is 4.00. The van der Waals surface area contributed by atoms with Gasteiger partial charge in [0.15, 0.2) is 0 Å². The summed E-state index contributed by atoms with van der Waals surface area (Å²) in [4.78, 5) is 0. The largest absolute Gasteiger partial charge is 0.310 e. The summed E-state index contributed by atoms with van der Waals surface area (Å²) in [5.74, 6) is 0. The van der Waals surface area contributed by atoms with E-state index in [9.17, 15) is 0 Å². The highest BCUT2D eigenvalue weighted by molar-refractivity contribution is 7.17. The Kier molecular flexibility index (Phi) is 3.16. The Morgan fingerprint density at radius 1 is 1.33 bits per heavy atom. The first-order valence-corrected chi connectivity index (χ1v) is 7.70.